The highest BCUT2D eigenvalue weighted by molar-refractivity contribution is 5.77. The molecule has 27 heavy (non-hydrogen) atoms. The summed E-state index contributed by atoms with van der Waals surface area (Å²) in [5.41, 5.74) is 0. The molecule has 1 amide bonds. The molecule has 1 aromatic carbocycles. The van der Waals surface area contributed by atoms with Crippen molar-refractivity contribution < 1.29 is 14.6 Å². The fourth-order valence-corrected chi connectivity index (χ4v) is 5.48. The lowest BCUT2D eigenvalue weighted by atomic mass is 9.87. The average Bonchev–Trinajstić information content (AvgIpc) is 3.01. The molecule has 2 heterocycles. The van der Waals surface area contributed by atoms with Crippen LogP contribution in [0.4, 0.5) is 0 Å². The van der Waals surface area contributed by atoms with Crippen molar-refractivity contribution in [2.24, 2.45) is 0 Å². The van der Waals surface area contributed by atoms with E-state index in [0.29, 0.717) is 24.4 Å². The van der Waals surface area contributed by atoms with Gasteiger partial charge in [0.1, 0.15) is 18.0 Å². The van der Waals surface area contributed by atoms with Gasteiger partial charge in [0.15, 0.2) is 0 Å². The fourth-order valence-electron chi connectivity index (χ4n) is 5.48. The predicted octanol–water partition coefficient (Wildman–Crippen LogP) is 2.82. The van der Waals surface area contributed by atoms with Crippen molar-refractivity contribution in [1.29, 1.82) is 0 Å². The van der Waals surface area contributed by atoms with Crippen molar-refractivity contribution in [2.75, 3.05) is 13.1 Å². The zero-order chi connectivity index (χ0) is 18.8. The maximum atomic E-state index is 12.4. The van der Waals surface area contributed by atoms with Crippen LogP contribution in [-0.2, 0) is 4.79 Å². The molecule has 0 spiro atoms. The third-order valence-electron chi connectivity index (χ3n) is 6.73. The zero-order valence-electron chi connectivity index (χ0n) is 16.3. The number of ether oxygens (including phenoxy) is 1. The first kappa shape index (κ1) is 18.8. The fraction of sp³-hybridized carbons (Fsp3) is 0.682. The third-order valence-corrected chi connectivity index (χ3v) is 6.73. The normalized spacial score (nSPS) is 35.0. The Kier molecular flexibility index (Phi) is 5.69. The molecule has 1 N–H and O–H groups in total. The number of likely N-dealkylation sites (N-methyl/N-ethyl adjacent to an activating group) is 1. The van der Waals surface area contributed by atoms with Gasteiger partial charge >= 0.3 is 0 Å². The maximum Gasteiger partial charge on any atom is 0.222 e. The van der Waals surface area contributed by atoms with E-state index in [2.05, 4.69) is 16.7 Å². The number of fused-ring (bicyclic) bond motifs is 1. The Morgan fingerprint density at radius 3 is 2.59 bits per heavy atom. The van der Waals surface area contributed by atoms with Gasteiger partial charge in [-0.15, -0.1) is 0 Å². The number of benzene rings is 1. The van der Waals surface area contributed by atoms with E-state index >= 15 is 0 Å². The van der Waals surface area contributed by atoms with Gasteiger partial charge in [0, 0.05) is 37.6 Å². The maximum absolute atomic E-state index is 12.4. The second kappa shape index (κ2) is 8.19. The first-order valence-electron chi connectivity index (χ1n) is 10.6. The number of nitrogens with zero attached hydrogens (tertiary/aromatic N) is 2. The molecule has 5 heteroatoms. The van der Waals surface area contributed by atoms with Crippen LogP contribution in [0.3, 0.4) is 0 Å². The lowest BCUT2D eigenvalue weighted by Gasteiger charge is -2.43. The van der Waals surface area contributed by atoms with Crippen LogP contribution in [0.2, 0.25) is 0 Å². The second-order valence-corrected chi connectivity index (χ2v) is 8.19. The van der Waals surface area contributed by atoms with Crippen molar-refractivity contribution in [3.8, 4) is 5.75 Å². The summed E-state index contributed by atoms with van der Waals surface area (Å²) in [6, 6.07) is 10.7. The highest BCUT2D eigenvalue weighted by atomic mass is 16.5. The predicted molar refractivity (Wildman–Crippen MR) is 105 cm³/mol. The van der Waals surface area contributed by atoms with Crippen LogP contribution in [0.5, 0.6) is 5.75 Å². The summed E-state index contributed by atoms with van der Waals surface area (Å²) < 4.78 is 6.14. The first-order valence-corrected chi connectivity index (χ1v) is 10.6. The Hall–Kier alpha value is -1.59. The molecule has 2 aliphatic heterocycles. The monoisotopic (exact) mass is 372 g/mol. The van der Waals surface area contributed by atoms with Gasteiger partial charge in [-0.25, -0.2) is 0 Å². The average molecular weight is 373 g/mol. The summed E-state index contributed by atoms with van der Waals surface area (Å²) in [4.78, 5) is 17.0. The van der Waals surface area contributed by atoms with Crippen LogP contribution in [0.1, 0.15) is 51.9 Å². The van der Waals surface area contributed by atoms with E-state index in [-0.39, 0.29) is 12.1 Å². The molecule has 1 saturated carbocycles. The van der Waals surface area contributed by atoms with Gasteiger partial charge in [0.25, 0.3) is 0 Å². The number of hydrogen-bond acceptors (Lipinski definition) is 4. The molecule has 2 saturated heterocycles. The number of amides is 1. The van der Waals surface area contributed by atoms with Crippen molar-refractivity contribution >= 4 is 5.91 Å². The summed E-state index contributed by atoms with van der Waals surface area (Å²) in [7, 11) is 0. The lowest BCUT2D eigenvalue weighted by molar-refractivity contribution is -0.133. The number of hydrogen-bond donors (Lipinski definition) is 1. The first-order chi connectivity index (χ1) is 13.2. The highest BCUT2D eigenvalue weighted by Crippen LogP contribution is 2.36. The summed E-state index contributed by atoms with van der Waals surface area (Å²) in [5.74, 6) is 1.14. The SMILES string of the molecule is CCN1C(=O)CCC[C@H]2[C@@H]1CCN2[C@H]1CCC[C@@H](Oc2ccccc2)[C@@H]1O. The summed E-state index contributed by atoms with van der Waals surface area (Å²) in [5, 5.41) is 11.1. The van der Waals surface area contributed by atoms with Crippen LogP contribution in [-0.4, -0.2) is 64.2 Å². The number of rotatable bonds is 4. The van der Waals surface area contributed by atoms with E-state index in [1.165, 1.54) is 0 Å². The van der Waals surface area contributed by atoms with Crippen LogP contribution < -0.4 is 4.74 Å². The van der Waals surface area contributed by atoms with Gasteiger partial charge in [-0.05, 0) is 57.6 Å². The summed E-state index contributed by atoms with van der Waals surface area (Å²) >= 11 is 0. The Balaban J connectivity index is 1.48. The summed E-state index contributed by atoms with van der Waals surface area (Å²) in [6.45, 7) is 3.85. The molecular formula is C22H32N2O3. The van der Waals surface area contributed by atoms with Gasteiger partial charge in [0.2, 0.25) is 5.91 Å². The molecule has 3 fully saturated rings. The Morgan fingerprint density at radius 1 is 1.04 bits per heavy atom. The van der Waals surface area contributed by atoms with Gasteiger partial charge in [-0.1, -0.05) is 18.2 Å². The largest absolute Gasteiger partial charge is 0.488 e. The van der Waals surface area contributed by atoms with Crippen molar-refractivity contribution in [1.82, 2.24) is 9.80 Å². The number of carbonyl (C=O) groups is 1. The molecule has 5 nitrogen and oxygen atoms in total. The molecule has 0 unspecified atom stereocenters. The number of para-hydroxylation sites is 1. The van der Waals surface area contributed by atoms with E-state index < -0.39 is 6.10 Å². The number of likely N-dealkylation sites (tertiary alicyclic amines) is 2. The van der Waals surface area contributed by atoms with E-state index in [1.807, 2.05) is 30.3 Å². The summed E-state index contributed by atoms with van der Waals surface area (Å²) in [6.07, 6.45) is 6.06. The van der Waals surface area contributed by atoms with E-state index in [0.717, 1.165) is 57.4 Å². The van der Waals surface area contributed by atoms with E-state index in [1.54, 1.807) is 0 Å². The number of aliphatic hydroxyl groups is 1. The Labute approximate surface area is 162 Å². The Bertz CT molecular complexity index is 638. The molecule has 5 atom stereocenters. The molecule has 0 aromatic heterocycles. The van der Waals surface area contributed by atoms with Crippen LogP contribution in [0.15, 0.2) is 30.3 Å². The Morgan fingerprint density at radius 2 is 1.81 bits per heavy atom. The smallest absolute Gasteiger partial charge is 0.222 e. The lowest BCUT2D eigenvalue weighted by Crippen LogP contribution is -2.56. The third kappa shape index (κ3) is 3.72. The molecule has 1 aromatic rings. The van der Waals surface area contributed by atoms with Crippen LogP contribution in [0.25, 0.3) is 0 Å². The molecular weight excluding hydrogens is 340 g/mol. The molecule has 0 radical (unpaired) electrons. The van der Waals surface area contributed by atoms with Crippen molar-refractivity contribution in [3.63, 3.8) is 0 Å². The molecule has 1 aliphatic carbocycles. The number of carbonyl (C=O) groups excluding carboxylic acids is 1. The number of aliphatic hydroxyl groups excluding tert-OH is 1. The molecule has 148 valence electrons. The molecule has 3 aliphatic rings. The minimum atomic E-state index is -0.480. The van der Waals surface area contributed by atoms with Gasteiger partial charge in [0.05, 0.1) is 0 Å². The van der Waals surface area contributed by atoms with E-state index in [4.69, 9.17) is 4.74 Å². The van der Waals surface area contributed by atoms with Crippen LogP contribution >= 0.6 is 0 Å². The van der Waals surface area contributed by atoms with Gasteiger partial charge in [-0.3, -0.25) is 9.69 Å². The minimum Gasteiger partial charge on any atom is -0.488 e. The standard InChI is InChI=1S/C22H32N2O3/c1-2-23-18-14-15-24(17(18)10-7-13-21(23)25)19-11-6-12-20(22(19)26)27-16-8-4-3-5-9-16/h3-5,8-9,17-20,22,26H,2,6-7,10-15H2,1H3/t17-,18-,19-,20+,22+/m0/s1. The second-order valence-electron chi connectivity index (χ2n) is 8.19. The molecule has 0 bridgehead atoms. The van der Waals surface area contributed by atoms with E-state index in [9.17, 15) is 9.90 Å². The molecule has 4 rings (SSSR count). The van der Waals surface area contributed by atoms with Crippen LogP contribution in [0, 0.1) is 0 Å². The minimum absolute atomic E-state index is 0.134. The zero-order valence-corrected chi connectivity index (χ0v) is 16.3. The topological polar surface area (TPSA) is 53.0 Å². The van der Waals surface area contributed by atoms with Gasteiger partial charge in [-0.2, -0.15) is 0 Å². The van der Waals surface area contributed by atoms with Crippen molar-refractivity contribution in [3.05, 3.63) is 30.3 Å². The highest BCUT2D eigenvalue weighted by Gasteiger charge is 2.46. The van der Waals surface area contributed by atoms with Crippen molar-refractivity contribution in [2.45, 2.75) is 82.2 Å². The quantitative estimate of drug-likeness (QED) is 0.883. The van der Waals surface area contributed by atoms with Gasteiger partial charge < -0.3 is 14.7 Å².